The van der Waals surface area contributed by atoms with Crippen molar-refractivity contribution in [2.45, 2.75) is 39.3 Å². The van der Waals surface area contributed by atoms with Crippen molar-refractivity contribution in [1.29, 1.82) is 0 Å². The Hall–Kier alpha value is -4.47. The highest BCUT2D eigenvalue weighted by Gasteiger charge is 2.24. The number of rotatable bonds is 5. The highest BCUT2D eigenvalue weighted by molar-refractivity contribution is 5.99. The molecular formula is C26H25N5O5. The molecule has 0 aliphatic carbocycles. The molecule has 2 aromatic carbocycles. The minimum absolute atomic E-state index is 0.110. The second-order valence-electron chi connectivity index (χ2n) is 8.79. The Balaban J connectivity index is 1.34. The maximum Gasteiger partial charge on any atom is 0.338 e. The standard InChI is InChI=1S/C26H25N5O5/c1-15-22(25(34)31(29(15)3)18-8-5-4-6-9-18)28-23(32)16(2)36-26(35)17-11-12-19-20(14-17)27-21-10-7-13-30(21)24(19)33/h4-6,8-9,11-12,14,16H,7,10,13H2,1-3H3,(H,28,32). The maximum absolute atomic E-state index is 13.0. The topological polar surface area (TPSA) is 117 Å². The Morgan fingerprint density at radius 2 is 1.83 bits per heavy atom. The van der Waals surface area contributed by atoms with Gasteiger partial charge in [0, 0.05) is 20.0 Å². The van der Waals surface area contributed by atoms with E-state index in [4.69, 9.17) is 4.74 Å². The molecule has 0 radical (unpaired) electrons. The van der Waals surface area contributed by atoms with E-state index in [-0.39, 0.29) is 16.8 Å². The smallest absolute Gasteiger partial charge is 0.338 e. The minimum atomic E-state index is -1.17. The molecule has 5 rings (SSSR count). The lowest BCUT2D eigenvalue weighted by Crippen LogP contribution is -2.32. The average molecular weight is 488 g/mol. The van der Waals surface area contributed by atoms with Crippen LogP contribution in [0.25, 0.3) is 16.6 Å². The van der Waals surface area contributed by atoms with Crippen molar-refractivity contribution in [3.8, 4) is 5.69 Å². The minimum Gasteiger partial charge on any atom is -0.449 e. The molecule has 4 aromatic rings. The van der Waals surface area contributed by atoms with Crippen LogP contribution in [0.5, 0.6) is 0 Å². The van der Waals surface area contributed by atoms with Crippen LogP contribution >= 0.6 is 0 Å². The molecule has 1 aliphatic heterocycles. The van der Waals surface area contributed by atoms with Crippen LogP contribution in [0.3, 0.4) is 0 Å². The molecular weight excluding hydrogens is 462 g/mol. The number of anilines is 1. The van der Waals surface area contributed by atoms with Crippen LogP contribution in [0.4, 0.5) is 5.69 Å². The molecule has 3 heterocycles. The zero-order valence-corrected chi connectivity index (χ0v) is 20.1. The third-order valence-corrected chi connectivity index (χ3v) is 6.51. The number of hydrogen-bond acceptors (Lipinski definition) is 6. The summed E-state index contributed by atoms with van der Waals surface area (Å²) < 4.78 is 10.1. The molecule has 2 aromatic heterocycles. The summed E-state index contributed by atoms with van der Waals surface area (Å²) in [4.78, 5) is 55.8. The van der Waals surface area contributed by atoms with E-state index in [0.717, 1.165) is 6.42 Å². The van der Waals surface area contributed by atoms with E-state index in [2.05, 4.69) is 10.3 Å². The molecule has 0 spiro atoms. The number of benzene rings is 2. The van der Waals surface area contributed by atoms with Gasteiger partial charge in [0.2, 0.25) is 0 Å². The van der Waals surface area contributed by atoms with Gasteiger partial charge < -0.3 is 10.1 Å². The van der Waals surface area contributed by atoms with Crippen LogP contribution < -0.4 is 16.4 Å². The molecule has 0 fully saturated rings. The van der Waals surface area contributed by atoms with Crippen molar-refractivity contribution in [2.24, 2.45) is 7.05 Å². The van der Waals surface area contributed by atoms with Gasteiger partial charge in [-0.2, -0.15) is 0 Å². The van der Waals surface area contributed by atoms with Gasteiger partial charge in [-0.1, -0.05) is 18.2 Å². The van der Waals surface area contributed by atoms with Crippen molar-refractivity contribution < 1.29 is 14.3 Å². The SMILES string of the molecule is Cc1c(NC(=O)C(C)OC(=O)c2ccc3c(=O)n4c(nc3c2)CCC4)c(=O)n(-c2ccccc2)n1C. The molecule has 184 valence electrons. The number of aryl methyl sites for hydroxylation is 1. The highest BCUT2D eigenvalue weighted by atomic mass is 16.5. The van der Waals surface area contributed by atoms with Crippen molar-refractivity contribution in [3.05, 3.63) is 86.3 Å². The Bertz CT molecular complexity index is 1630. The fraction of sp³-hybridized carbons (Fsp3) is 0.269. The van der Waals surface area contributed by atoms with Gasteiger partial charge >= 0.3 is 5.97 Å². The Labute approximate surface area is 205 Å². The normalized spacial score (nSPS) is 13.4. The van der Waals surface area contributed by atoms with Crippen molar-refractivity contribution >= 4 is 28.5 Å². The first-order valence-electron chi connectivity index (χ1n) is 11.7. The predicted molar refractivity (Wildman–Crippen MR) is 134 cm³/mol. The number of nitrogens with one attached hydrogen (secondary N) is 1. The number of aromatic nitrogens is 4. The molecule has 10 heteroatoms. The van der Waals surface area contributed by atoms with Gasteiger partial charge in [-0.25, -0.2) is 14.5 Å². The fourth-order valence-corrected chi connectivity index (χ4v) is 4.43. The summed E-state index contributed by atoms with van der Waals surface area (Å²) in [5.74, 6) is -0.664. The monoisotopic (exact) mass is 487 g/mol. The molecule has 10 nitrogen and oxygen atoms in total. The van der Waals surface area contributed by atoms with E-state index in [9.17, 15) is 19.2 Å². The fourth-order valence-electron chi connectivity index (χ4n) is 4.43. The quantitative estimate of drug-likeness (QED) is 0.432. The lowest BCUT2D eigenvalue weighted by Gasteiger charge is -2.13. The largest absolute Gasteiger partial charge is 0.449 e. The first-order chi connectivity index (χ1) is 17.3. The summed E-state index contributed by atoms with van der Waals surface area (Å²) in [5.41, 5.74) is 1.39. The predicted octanol–water partition coefficient (Wildman–Crippen LogP) is 2.32. The Morgan fingerprint density at radius 3 is 2.58 bits per heavy atom. The van der Waals surface area contributed by atoms with Gasteiger partial charge in [-0.15, -0.1) is 0 Å². The Kier molecular flexibility index (Phi) is 5.79. The molecule has 1 N–H and O–H groups in total. The van der Waals surface area contributed by atoms with E-state index >= 15 is 0 Å². The van der Waals surface area contributed by atoms with E-state index in [0.29, 0.717) is 41.1 Å². The van der Waals surface area contributed by atoms with Gasteiger partial charge in [0.1, 0.15) is 11.5 Å². The van der Waals surface area contributed by atoms with Gasteiger partial charge in [-0.05, 0) is 50.6 Å². The average Bonchev–Trinajstić information content (AvgIpc) is 3.43. The summed E-state index contributed by atoms with van der Waals surface area (Å²) in [6, 6.07) is 13.6. The van der Waals surface area contributed by atoms with Crippen molar-refractivity contribution in [1.82, 2.24) is 18.9 Å². The third-order valence-electron chi connectivity index (χ3n) is 6.51. The second-order valence-corrected chi connectivity index (χ2v) is 8.79. The van der Waals surface area contributed by atoms with E-state index in [1.165, 1.54) is 23.7 Å². The van der Waals surface area contributed by atoms with E-state index in [1.807, 2.05) is 18.2 Å². The van der Waals surface area contributed by atoms with Crippen LogP contribution in [0.2, 0.25) is 0 Å². The van der Waals surface area contributed by atoms with E-state index < -0.39 is 23.5 Å². The number of ether oxygens (including phenoxy) is 1. The van der Waals surface area contributed by atoms with Gasteiger partial charge in [0.25, 0.3) is 17.0 Å². The first kappa shape index (κ1) is 23.3. The van der Waals surface area contributed by atoms with Gasteiger partial charge in [0.05, 0.1) is 27.8 Å². The lowest BCUT2D eigenvalue weighted by molar-refractivity contribution is -0.123. The second kappa shape index (κ2) is 8.95. The number of carbonyl (C=O) groups is 2. The molecule has 1 atom stereocenters. The van der Waals surface area contributed by atoms with Crippen LogP contribution in [-0.2, 0) is 29.5 Å². The van der Waals surface area contributed by atoms with Gasteiger partial charge in [-0.3, -0.25) is 23.6 Å². The van der Waals surface area contributed by atoms with Crippen LogP contribution in [-0.4, -0.2) is 36.9 Å². The number of carbonyl (C=O) groups excluding carboxylic acids is 2. The molecule has 0 saturated heterocycles. The van der Waals surface area contributed by atoms with Crippen LogP contribution in [0.1, 0.15) is 35.2 Å². The zero-order chi connectivity index (χ0) is 25.6. The van der Waals surface area contributed by atoms with Crippen molar-refractivity contribution in [3.63, 3.8) is 0 Å². The van der Waals surface area contributed by atoms with Crippen LogP contribution in [0.15, 0.2) is 58.1 Å². The first-order valence-corrected chi connectivity index (χ1v) is 11.7. The number of hydrogen-bond donors (Lipinski definition) is 1. The number of fused-ring (bicyclic) bond motifs is 2. The lowest BCUT2D eigenvalue weighted by atomic mass is 10.1. The molecule has 1 aliphatic rings. The summed E-state index contributed by atoms with van der Waals surface area (Å²) in [6.07, 6.45) is 0.398. The van der Waals surface area contributed by atoms with E-state index in [1.54, 1.807) is 41.4 Å². The third kappa shape index (κ3) is 3.90. The number of para-hydroxylation sites is 1. The Morgan fingerprint density at radius 1 is 1.08 bits per heavy atom. The summed E-state index contributed by atoms with van der Waals surface area (Å²) in [7, 11) is 1.72. The molecule has 0 saturated carbocycles. The number of esters is 1. The van der Waals surface area contributed by atoms with Crippen molar-refractivity contribution in [2.75, 3.05) is 5.32 Å². The summed E-state index contributed by atoms with van der Waals surface area (Å²) >= 11 is 0. The molecule has 0 bridgehead atoms. The summed E-state index contributed by atoms with van der Waals surface area (Å²) in [6.45, 7) is 3.79. The number of nitrogens with zero attached hydrogens (tertiary/aromatic N) is 4. The van der Waals surface area contributed by atoms with Gasteiger partial charge in [0.15, 0.2) is 6.10 Å². The molecule has 1 amide bonds. The number of amides is 1. The van der Waals surface area contributed by atoms with Crippen LogP contribution in [0, 0.1) is 6.92 Å². The highest BCUT2D eigenvalue weighted by Crippen LogP contribution is 2.18. The molecule has 36 heavy (non-hydrogen) atoms. The maximum atomic E-state index is 13.0. The molecule has 1 unspecified atom stereocenters. The summed E-state index contributed by atoms with van der Waals surface area (Å²) in [5, 5.41) is 3.03. The zero-order valence-electron chi connectivity index (χ0n) is 20.1.